The van der Waals surface area contributed by atoms with E-state index in [2.05, 4.69) is 23.8 Å². The summed E-state index contributed by atoms with van der Waals surface area (Å²) in [5.41, 5.74) is 0. The Morgan fingerprint density at radius 2 is 2.43 bits per heavy atom. The first-order valence-electron chi connectivity index (χ1n) is 4.74. The van der Waals surface area contributed by atoms with E-state index in [1.165, 1.54) is 0 Å². The number of hydrogen-bond acceptors (Lipinski definition) is 3. The molecule has 0 spiro atoms. The van der Waals surface area contributed by atoms with Crippen molar-refractivity contribution in [1.82, 2.24) is 10.6 Å². The zero-order chi connectivity index (χ0) is 9.68. The fraction of sp³-hybridized carbons (Fsp3) is 0.889. The Morgan fingerprint density at radius 1 is 1.71 bits per heavy atom. The quantitative estimate of drug-likeness (QED) is 0.764. The molecule has 1 rings (SSSR count). The van der Waals surface area contributed by atoms with Crippen LogP contribution in [0.5, 0.6) is 0 Å². The number of carbonyl (C=O) groups is 1. The molecule has 0 aromatic heterocycles. The highest BCUT2D eigenvalue weighted by atomic mass is 35.5. The second kappa shape index (κ2) is 7.37. The summed E-state index contributed by atoms with van der Waals surface area (Å²) in [6, 6.07) is 0.295. The molecule has 1 amide bonds. The molecule has 0 saturated carbocycles. The van der Waals surface area contributed by atoms with Crippen LogP contribution in [0.3, 0.4) is 0 Å². The van der Waals surface area contributed by atoms with E-state index >= 15 is 0 Å². The Morgan fingerprint density at radius 3 is 2.93 bits per heavy atom. The average molecular weight is 239 g/mol. The van der Waals surface area contributed by atoms with Gasteiger partial charge in [0.2, 0.25) is 5.91 Å². The molecule has 5 heteroatoms. The summed E-state index contributed by atoms with van der Waals surface area (Å²) in [6.07, 6.45) is 3.04. The molecule has 1 fully saturated rings. The van der Waals surface area contributed by atoms with Crippen LogP contribution in [0.15, 0.2) is 0 Å². The molecule has 2 atom stereocenters. The fourth-order valence-corrected chi connectivity index (χ4v) is 2.11. The van der Waals surface area contributed by atoms with E-state index in [1.54, 1.807) is 11.8 Å². The smallest absolute Gasteiger partial charge is 0.224 e. The zero-order valence-electron chi connectivity index (χ0n) is 8.71. The van der Waals surface area contributed by atoms with Crippen LogP contribution in [-0.4, -0.2) is 37.0 Å². The highest BCUT2D eigenvalue weighted by Crippen LogP contribution is 2.08. The second-order valence-corrected chi connectivity index (χ2v) is 4.47. The third kappa shape index (κ3) is 4.53. The Balaban J connectivity index is 0.00000169. The largest absolute Gasteiger partial charge is 0.353 e. The molecule has 0 bridgehead atoms. The van der Waals surface area contributed by atoms with Crippen molar-refractivity contribution < 1.29 is 4.79 Å². The summed E-state index contributed by atoms with van der Waals surface area (Å²) in [6.45, 7) is 3.88. The van der Waals surface area contributed by atoms with Gasteiger partial charge in [-0.05, 0) is 26.1 Å². The van der Waals surface area contributed by atoms with Gasteiger partial charge in [-0.1, -0.05) is 0 Å². The maximum Gasteiger partial charge on any atom is 0.224 e. The van der Waals surface area contributed by atoms with Crippen molar-refractivity contribution in [1.29, 1.82) is 0 Å². The molecule has 2 unspecified atom stereocenters. The first-order chi connectivity index (χ1) is 6.24. The summed E-state index contributed by atoms with van der Waals surface area (Å²) < 4.78 is 0. The Hall–Kier alpha value is 0.0700. The van der Waals surface area contributed by atoms with E-state index in [4.69, 9.17) is 0 Å². The SMILES string of the molecule is CSCC(C)NC(=O)C1CCNC1.Cl. The van der Waals surface area contributed by atoms with Crippen LogP contribution in [0, 0.1) is 5.92 Å². The molecule has 0 aromatic rings. The number of hydrogen-bond donors (Lipinski definition) is 2. The van der Waals surface area contributed by atoms with Crippen LogP contribution in [0.2, 0.25) is 0 Å². The lowest BCUT2D eigenvalue weighted by Gasteiger charge is -2.15. The van der Waals surface area contributed by atoms with E-state index in [1.807, 2.05) is 0 Å². The van der Waals surface area contributed by atoms with Gasteiger partial charge in [0, 0.05) is 18.3 Å². The number of nitrogens with one attached hydrogen (secondary N) is 2. The van der Waals surface area contributed by atoms with Gasteiger partial charge in [0.05, 0.1) is 5.92 Å². The van der Waals surface area contributed by atoms with Crippen molar-refractivity contribution in [2.24, 2.45) is 5.92 Å². The van der Waals surface area contributed by atoms with Gasteiger partial charge in [-0.25, -0.2) is 0 Å². The molecule has 1 aliphatic rings. The number of thioether (sulfide) groups is 1. The highest BCUT2D eigenvalue weighted by molar-refractivity contribution is 7.98. The lowest BCUT2D eigenvalue weighted by molar-refractivity contribution is -0.124. The van der Waals surface area contributed by atoms with Crippen LogP contribution >= 0.6 is 24.2 Å². The summed E-state index contributed by atoms with van der Waals surface area (Å²) in [5.74, 6) is 1.40. The van der Waals surface area contributed by atoms with Crippen molar-refractivity contribution in [2.75, 3.05) is 25.1 Å². The van der Waals surface area contributed by atoms with Gasteiger partial charge >= 0.3 is 0 Å². The molecule has 0 radical (unpaired) electrons. The summed E-state index contributed by atoms with van der Waals surface area (Å²) >= 11 is 1.76. The summed E-state index contributed by atoms with van der Waals surface area (Å²) in [4.78, 5) is 11.6. The minimum absolute atomic E-state index is 0. The van der Waals surface area contributed by atoms with Crippen LogP contribution in [0.25, 0.3) is 0 Å². The van der Waals surface area contributed by atoms with Crippen molar-refractivity contribution in [2.45, 2.75) is 19.4 Å². The van der Waals surface area contributed by atoms with Crippen LogP contribution in [-0.2, 0) is 4.79 Å². The maximum atomic E-state index is 11.6. The number of carbonyl (C=O) groups excluding carboxylic acids is 1. The summed E-state index contributed by atoms with van der Waals surface area (Å²) in [7, 11) is 0. The molecule has 1 saturated heterocycles. The van der Waals surface area contributed by atoms with Crippen molar-refractivity contribution >= 4 is 30.1 Å². The van der Waals surface area contributed by atoms with E-state index in [0.717, 1.165) is 25.3 Å². The van der Waals surface area contributed by atoms with Gasteiger partial charge < -0.3 is 10.6 Å². The normalized spacial score (nSPS) is 22.6. The Kier molecular flexibility index (Phi) is 7.41. The maximum absolute atomic E-state index is 11.6. The number of rotatable bonds is 4. The fourth-order valence-electron chi connectivity index (χ4n) is 1.53. The molecule has 1 heterocycles. The Labute approximate surface area is 96.2 Å². The van der Waals surface area contributed by atoms with E-state index in [0.29, 0.717) is 6.04 Å². The van der Waals surface area contributed by atoms with Crippen molar-refractivity contribution in [3.8, 4) is 0 Å². The highest BCUT2D eigenvalue weighted by Gasteiger charge is 2.22. The molecule has 84 valence electrons. The second-order valence-electron chi connectivity index (χ2n) is 3.55. The lowest BCUT2D eigenvalue weighted by Crippen LogP contribution is -2.39. The molecule has 0 aliphatic carbocycles. The molecule has 0 aromatic carbocycles. The first kappa shape index (κ1) is 14.1. The van der Waals surface area contributed by atoms with Crippen LogP contribution in [0.4, 0.5) is 0 Å². The molecule has 3 nitrogen and oxygen atoms in total. The zero-order valence-corrected chi connectivity index (χ0v) is 10.3. The minimum atomic E-state index is 0. The van der Waals surface area contributed by atoms with Crippen molar-refractivity contribution in [3.63, 3.8) is 0 Å². The van der Waals surface area contributed by atoms with Gasteiger partial charge in [-0.15, -0.1) is 12.4 Å². The van der Waals surface area contributed by atoms with Gasteiger partial charge in [-0.3, -0.25) is 4.79 Å². The molecule has 14 heavy (non-hydrogen) atoms. The number of amides is 1. The van der Waals surface area contributed by atoms with E-state index in [-0.39, 0.29) is 24.2 Å². The third-order valence-electron chi connectivity index (χ3n) is 2.24. The molecular formula is C9H19ClN2OS. The molecule has 1 aliphatic heterocycles. The average Bonchev–Trinajstić information content (AvgIpc) is 2.55. The van der Waals surface area contributed by atoms with Crippen LogP contribution in [0.1, 0.15) is 13.3 Å². The van der Waals surface area contributed by atoms with Crippen LogP contribution < -0.4 is 10.6 Å². The summed E-state index contributed by atoms with van der Waals surface area (Å²) in [5, 5.41) is 6.22. The minimum Gasteiger partial charge on any atom is -0.353 e. The van der Waals surface area contributed by atoms with Gasteiger partial charge in [0.1, 0.15) is 0 Å². The van der Waals surface area contributed by atoms with Crippen molar-refractivity contribution in [3.05, 3.63) is 0 Å². The Bertz CT molecular complexity index is 174. The monoisotopic (exact) mass is 238 g/mol. The number of halogens is 1. The van der Waals surface area contributed by atoms with Gasteiger partial charge in [-0.2, -0.15) is 11.8 Å². The van der Waals surface area contributed by atoms with Gasteiger partial charge in [0.25, 0.3) is 0 Å². The first-order valence-corrected chi connectivity index (χ1v) is 6.13. The lowest BCUT2D eigenvalue weighted by atomic mass is 10.1. The molecule has 2 N–H and O–H groups in total. The van der Waals surface area contributed by atoms with E-state index < -0.39 is 0 Å². The third-order valence-corrected chi connectivity index (χ3v) is 3.07. The standard InChI is InChI=1S/C9H18N2OS.ClH/c1-7(6-13-2)11-9(12)8-3-4-10-5-8;/h7-8,10H,3-6H2,1-2H3,(H,11,12);1H. The predicted octanol–water partition coefficient (Wildman–Crippen LogP) is 0.885. The van der Waals surface area contributed by atoms with E-state index in [9.17, 15) is 4.79 Å². The predicted molar refractivity (Wildman–Crippen MR) is 64.2 cm³/mol. The van der Waals surface area contributed by atoms with Gasteiger partial charge in [0.15, 0.2) is 0 Å². The topological polar surface area (TPSA) is 41.1 Å². The molecular weight excluding hydrogens is 220 g/mol.